The fourth-order valence-electron chi connectivity index (χ4n) is 3.83. The topological polar surface area (TPSA) is 72.3 Å². The highest BCUT2D eigenvalue weighted by atomic mass is 32.2. The smallest absolute Gasteiger partial charge is 0.230 e. The molecule has 158 valence electrons. The predicted molar refractivity (Wildman–Crippen MR) is 117 cm³/mol. The Morgan fingerprint density at radius 3 is 2.93 bits per heavy atom. The molecule has 0 aromatic carbocycles. The lowest BCUT2D eigenvalue weighted by Crippen LogP contribution is -2.33. The van der Waals surface area contributed by atoms with Crippen LogP contribution in [-0.2, 0) is 22.5 Å². The van der Waals surface area contributed by atoms with Gasteiger partial charge in [-0.3, -0.25) is 9.36 Å². The first-order valence-electron chi connectivity index (χ1n) is 10.5. The molecule has 29 heavy (non-hydrogen) atoms. The quantitative estimate of drug-likeness (QED) is 0.611. The summed E-state index contributed by atoms with van der Waals surface area (Å²) in [6.07, 6.45) is 6.95. The lowest BCUT2D eigenvalue weighted by molar-refractivity contribution is -0.118. The van der Waals surface area contributed by atoms with Crippen LogP contribution in [0.3, 0.4) is 0 Å². The fourth-order valence-corrected chi connectivity index (χ4v) is 5.31. The standard InChI is InChI=1S/C20H29N5O2S2/c26-18(21-9-8-17-7-5-13-28-17)15-29-20-23-22-19(24-10-2-1-3-11-24)25(20)14-16-6-4-12-27-16/h5,7,13,16H,1-4,6,8-12,14-15H2,(H,21,26). The zero-order valence-electron chi connectivity index (χ0n) is 16.7. The van der Waals surface area contributed by atoms with E-state index in [1.54, 1.807) is 11.3 Å². The molecule has 0 bridgehead atoms. The molecule has 1 amide bonds. The molecule has 2 aromatic rings. The van der Waals surface area contributed by atoms with Gasteiger partial charge in [-0.1, -0.05) is 17.8 Å². The van der Waals surface area contributed by atoms with Crippen molar-refractivity contribution in [2.75, 3.05) is 36.9 Å². The minimum absolute atomic E-state index is 0.0396. The van der Waals surface area contributed by atoms with Crippen LogP contribution in [0.2, 0.25) is 0 Å². The van der Waals surface area contributed by atoms with Crippen LogP contribution in [0.25, 0.3) is 0 Å². The number of anilines is 1. The summed E-state index contributed by atoms with van der Waals surface area (Å²) in [7, 11) is 0. The molecule has 2 aliphatic heterocycles. The van der Waals surface area contributed by atoms with E-state index in [9.17, 15) is 4.79 Å². The lowest BCUT2D eigenvalue weighted by atomic mass is 10.1. The number of piperidine rings is 1. The summed E-state index contributed by atoms with van der Waals surface area (Å²) in [4.78, 5) is 15.9. The average Bonchev–Trinajstić information content (AvgIpc) is 3.50. The number of thiophene rings is 1. The van der Waals surface area contributed by atoms with Crippen LogP contribution in [0.1, 0.15) is 37.0 Å². The molecule has 4 heterocycles. The first-order valence-corrected chi connectivity index (χ1v) is 12.4. The van der Waals surface area contributed by atoms with Crippen molar-refractivity contribution in [2.24, 2.45) is 0 Å². The molecule has 1 atom stereocenters. The van der Waals surface area contributed by atoms with Gasteiger partial charge in [-0.25, -0.2) is 0 Å². The molecule has 2 aromatic heterocycles. The van der Waals surface area contributed by atoms with Gasteiger partial charge in [0.05, 0.1) is 18.4 Å². The number of amides is 1. The summed E-state index contributed by atoms with van der Waals surface area (Å²) in [5.74, 6) is 1.33. The SMILES string of the molecule is O=C(CSc1nnc(N2CCCCC2)n1CC1CCCO1)NCCc1cccs1. The molecule has 1 N–H and O–H groups in total. The third kappa shape index (κ3) is 5.73. The number of carbonyl (C=O) groups excluding carboxylic acids is 1. The van der Waals surface area contributed by atoms with Gasteiger partial charge in [0.1, 0.15) is 0 Å². The average molecular weight is 436 g/mol. The minimum Gasteiger partial charge on any atom is -0.376 e. The number of thioether (sulfide) groups is 1. The monoisotopic (exact) mass is 435 g/mol. The Bertz CT molecular complexity index is 768. The molecule has 7 nitrogen and oxygen atoms in total. The normalized spacial score (nSPS) is 19.6. The van der Waals surface area contributed by atoms with Crippen molar-refractivity contribution < 1.29 is 9.53 Å². The van der Waals surface area contributed by atoms with Gasteiger partial charge >= 0.3 is 0 Å². The lowest BCUT2D eigenvalue weighted by Gasteiger charge is -2.28. The highest BCUT2D eigenvalue weighted by Crippen LogP contribution is 2.26. The highest BCUT2D eigenvalue weighted by molar-refractivity contribution is 7.99. The van der Waals surface area contributed by atoms with Gasteiger partial charge in [0.25, 0.3) is 0 Å². The van der Waals surface area contributed by atoms with E-state index in [1.807, 2.05) is 6.07 Å². The molecule has 0 spiro atoms. The van der Waals surface area contributed by atoms with Crippen molar-refractivity contribution in [3.63, 3.8) is 0 Å². The molecule has 2 fully saturated rings. The molecule has 2 aliphatic rings. The maximum atomic E-state index is 12.3. The third-order valence-electron chi connectivity index (χ3n) is 5.35. The van der Waals surface area contributed by atoms with Crippen molar-refractivity contribution >= 4 is 35.0 Å². The maximum absolute atomic E-state index is 12.3. The zero-order valence-corrected chi connectivity index (χ0v) is 18.3. The summed E-state index contributed by atoms with van der Waals surface area (Å²) in [5, 5.41) is 14.8. The molecule has 0 saturated carbocycles. The number of hydrogen-bond donors (Lipinski definition) is 1. The van der Waals surface area contributed by atoms with E-state index >= 15 is 0 Å². The summed E-state index contributed by atoms with van der Waals surface area (Å²) < 4.78 is 8.03. The van der Waals surface area contributed by atoms with E-state index in [1.165, 1.54) is 35.9 Å². The second-order valence-corrected chi connectivity index (χ2v) is 9.52. The maximum Gasteiger partial charge on any atom is 0.230 e. The molecule has 2 saturated heterocycles. The van der Waals surface area contributed by atoms with Gasteiger partial charge in [-0.15, -0.1) is 21.5 Å². The van der Waals surface area contributed by atoms with Crippen LogP contribution < -0.4 is 10.2 Å². The van der Waals surface area contributed by atoms with E-state index in [0.717, 1.165) is 56.6 Å². The third-order valence-corrected chi connectivity index (χ3v) is 7.26. The van der Waals surface area contributed by atoms with Crippen LogP contribution in [0, 0.1) is 0 Å². The zero-order chi connectivity index (χ0) is 19.9. The van der Waals surface area contributed by atoms with Crippen molar-refractivity contribution in [1.29, 1.82) is 0 Å². The Hall–Kier alpha value is -1.58. The van der Waals surface area contributed by atoms with E-state index in [0.29, 0.717) is 12.3 Å². The summed E-state index contributed by atoms with van der Waals surface area (Å²) in [6.45, 7) is 4.32. The van der Waals surface area contributed by atoms with Gasteiger partial charge in [0.2, 0.25) is 11.9 Å². The van der Waals surface area contributed by atoms with Crippen LogP contribution in [0.15, 0.2) is 22.7 Å². The Morgan fingerprint density at radius 2 is 2.17 bits per heavy atom. The van der Waals surface area contributed by atoms with Gasteiger partial charge < -0.3 is 15.0 Å². The largest absolute Gasteiger partial charge is 0.376 e. The van der Waals surface area contributed by atoms with E-state index in [-0.39, 0.29) is 12.0 Å². The van der Waals surface area contributed by atoms with E-state index in [4.69, 9.17) is 4.74 Å². The van der Waals surface area contributed by atoms with Gasteiger partial charge in [0, 0.05) is 31.1 Å². The van der Waals surface area contributed by atoms with Crippen LogP contribution >= 0.6 is 23.1 Å². The van der Waals surface area contributed by atoms with Gasteiger partial charge in [-0.2, -0.15) is 0 Å². The summed E-state index contributed by atoms with van der Waals surface area (Å²) >= 11 is 3.19. The van der Waals surface area contributed by atoms with Crippen LogP contribution in [0.5, 0.6) is 0 Å². The number of nitrogens with zero attached hydrogens (tertiary/aromatic N) is 4. The number of carbonyl (C=O) groups is 1. The first-order chi connectivity index (χ1) is 14.3. The fraction of sp³-hybridized carbons (Fsp3) is 0.650. The molecule has 0 radical (unpaired) electrons. The van der Waals surface area contributed by atoms with Crippen molar-refractivity contribution in [3.05, 3.63) is 22.4 Å². The Morgan fingerprint density at radius 1 is 1.28 bits per heavy atom. The van der Waals surface area contributed by atoms with Crippen molar-refractivity contribution in [3.8, 4) is 0 Å². The van der Waals surface area contributed by atoms with Crippen molar-refractivity contribution in [2.45, 2.75) is 56.3 Å². The Kier molecular flexibility index (Phi) is 7.45. The van der Waals surface area contributed by atoms with Crippen molar-refractivity contribution in [1.82, 2.24) is 20.1 Å². The number of aromatic nitrogens is 3. The van der Waals surface area contributed by atoms with Gasteiger partial charge in [-0.05, 0) is 50.0 Å². The van der Waals surface area contributed by atoms with Gasteiger partial charge in [0.15, 0.2) is 5.16 Å². The summed E-state index contributed by atoms with van der Waals surface area (Å²) in [5.41, 5.74) is 0. The van der Waals surface area contributed by atoms with E-state index < -0.39 is 0 Å². The number of ether oxygens (including phenoxy) is 1. The molecule has 9 heteroatoms. The molecular formula is C20H29N5O2S2. The molecule has 4 rings (SSSR count). The molecular weight excluding hydrogens is 406 g/mol. The number of nitrogens with one attached hydrogen (secondary N) is 1. The van der Waals surface area contributed by atoms with Crippen LogP contribution in [0.4, 0.5) is 5.95 Å². The Balaban J connectivity index is 1.35. The van der Waals surface area contributed by atoms with Crippen LogP contribution in [-0.4, -0.2) is 58.8 Å². The predicted octanol–water partition coefficient (Wildman–Crippen LogP) is 2.96. The number of hydrogen-bond acceptors (Lipinski definition) is 7. The molecule has 1 unspecified atom stereocenters. The first kappa shape index (κ1) is 20.7. The Labute approximate surface area is 180 Å². The highest BCUT2D eigenvalue weighted by Gasteiger charge is 2.25. The van der Waals surface area contributed by atoms with E-state index in [2.05, 4.69) is 36.4 Å². The molecule has 0 aliphatic carbocycles. The second-order valence-electron chi connectivity index (χ2n) is 7.54. The number of rotatable bonds is 9. The second kappa shape index (κ2) is 10.4. The summed E-state index contributed by atoms with van der Waals surface area (Å²) in [6, 6.07) is 4.14. The minimum atomic E-state index is 0.0396.